The molecule has 0 bridgehead atoms. The molecule has 278 valence electrons. The fraction of sp³-hybridized carbons (Fsp3) is 0.452. The second-order valence-electron chi connectivity index (χ2n) is 11.5. The van der Waals surface area contributed by atoms with Crippen LogP contribution >= 0.6 is 23.2 Å². The molecule has 17 nitrogen and oxygen atoms in total. The first-order chi connectivity index (χ1) is 24.0. The molecule has 0 spiro atoms. The van der Waals surface area contributed by atoms with Crippen LogP contribution in [0.5, 0.6) is 11.5 Å². The van der Waals surface area contributed by atoms with E-state index < -0.39 is 46.4 Å². The molecule has 2 saturated heterocycles. The summed E-state index contributed by atoms with van der Waals surface area (Å²) in [6.07, 6.45) is -1.38. The lowest BCUT2D eigenvalue weighted by atomic mass is 9.96. The molecule has 2 aliphatic heterocycles. The van der Waals surface area contributed by atoms with Crippen LogP contribution < -0.4 is 15.4 Å². The Balaban J connectivity index is 0.000000460. The number of morpholine rings is 1. The summed E-state index contributed by atoms with van der Waals surface area (Å²) < 4.78 is 39.7. The molecule has 2 amide bonds. The van der Waals surface area contributed by atoms with Crippen molar-refractivity contribution in [3.05, 3.63) is 52.0 Å². The summed E-state index contributed by atoms with van der Waals surface area (Å²) in [5.74, 6) is -4.69. The Bertz CT molecular complexity index is 1690. The third-order valence-corrected chi connectivity index (χ3v) is 10.0. The number of carboxylic acids is 3. The van der Waals surface area contributed by atoms with Gasteiger partial charge in [-0.1, -0.05) is 23.2 Å². The second kappa shape index (κ2) is 18.9. The van der Waals surface area contributed by atoms with Crippen molar-refractivity contribution in [3.8, 4) is 17.6 Å². The normalized spacial score (nSPS) is 15.8. The van der Waals surface area contributed by atoms with Crippen molar-refractivity contribution in [1.29, 1.82) is 5.26 Å². The van der Waals surface area contributed by atoms with Crippen molar-refractivity contribution in [2.24, 2.45) is 0 Å². The zero-order valence-electron chi connectivity index (χ0n) is 27.1. The predicted molar refractivity (Wildman–Crippen MR) is 180 cm³/mol. The number of nitrogens with zero attached hydrogens (tertiary/aromatic N) is 3. The van der Waals surface area contributed by atoms with Crippen LogP contribution in [0.2, 0.25) is 10.0 Å². The fourth-order valence-electron chi connectivity index (χ4n) is 5.06. The maximum absolute atomic E-state index is 13.6. The average Bonchev–Trinajstić information content (AvgIpc) is 3.04. The topological polar surface area (TPSA) is 256 Å². The zero-order valence-corrected chi connectivity index (χ0v) is 29.4. The first-order valence-electron chi connectivity index (χ1n) is 15.4. The number of carboxylic acid groups (broad SMARTS) is 3. The van der Waals surface area contributed by atoms with Crippen LogP contribution in [0, 0.1) is 11.3 Å². The van der Waals surface area contributed by atoms with Crippen LogP contribution in [-0.4, -0.2) is 126 Å². The lowest BCUT2D eigenvalue weighted by Crippen LogP contribution is -2.50. The molecule has 20 heteroatoms. The van der Waals surface area contributed by atoms with Crippen molar-refractivity contribution in [2.75, 3.05) is 52.5 Å². The number of aliphatic hydroxyl groups is 1. The van der Waals surface area contributed by atoms with Crippen molar-refractivity contribution in [1.82, 2.24) is 19.8 Å². The van der Waals surface area contributed by atoms with Gasteiger partial charge < -0.3 is 40.5 Å². The van der Waals surface area contributed by atoms with E-state index in [0.29, 0.717) is 42.6 Å². The SMILES string of the molecule is N#Cc1ccc(Oc2cc(Cl)cc(Cl)c2)c(S(=O)(=O)N2CCC(NC(=O)NCCN3CCOCC3)CC2)c1.O=C(O)CC(O)(CC(=O)O)C(=O)O. The van der Waals surface area contributed by atoms with Gasteiger partial charge in [-0.2, -0.15) is 9.57 Å². The van der Waals surface area contributed by atoms with Crippen LogP contribution in [0.1, 0.15) is 31.2 Å². The van der Waals surface area contributed by atoms with E-state index in [1.807, 2.05) is 6.07 Å². The second-order valence-corrected chi connectivity index (χ2v) is 14.3. The summed E-state index contributed by atoms with van der Waals surface area (Å²) in [5.41, 5.74) is -2.55. The Kier molecular flexibility index (Phi) is 15.2. The molecule has 0 saturated carbocycles. The summed E-state index contributed by atoms with van der Waals surface area (Å²) >= 11 is 12.1. The number of benzene rings is 2. The summed E-state index contributed by atoms with van der Waals surface area (Å²) in [4.78, 5) is 44.9. The van der Waals surface area contributed by atoms with Gasteiger partial charge in [-0.15, -0.1) is 0 Å². The molecule has 0 aliphatic carbocycles. The van der Waals surface area contributed by atoms with E-state index in [-0.39, 0.29) is 47.1 Å². The minimum Gasteiger partial charge on any atom is -0.481 e. The predicted octanol–water partition coefficient (Wildman–Crippen LogP) is 2.19. The number of ether oxygens (including phenoxy) is 2. The quantitative estimate of drug-likeness (QED) is 0.171. The van der Waals surface area contributed by atoms with Gasteiger partial charge in [0.2, 0.25) is 10.0 Å². The number of carbonyl (C=O) groups excluding carboxylic acids is 1. The van der Waals surface area contributed by atoms with Gasteiger partial charge in [0, 0.05) is 55.4 Å². The summed E-state index contributed by atoms with van der Waals surface area (Å²) in [5, 5.41) is 49.6. The number of nitriles is 1. The Morgan fingerprint density at radius 3 is 2.08 bits per heavy atom. The molecule has 2 heterocycles. The van der Waals surface area contributed by atoms with Crippen LogP contribution in [0.15, 0.2) is 41.3 Å². The smallest absolute Gasteiger partial charge is 0.336 e. The molecule has 6 N–H and O–H groups in total. The highest BCUT2D eigenvalue weighted by atomic mass is 35.5. The van der Waals surface area contributed by atoms with E-state index in [1.165, 1.54) is 40.7 Å². The van der Waals surface area contributed by atoms with E-state index in [4.69, 9.17) is 53.1 Å². The highest BCUT2D eigenvalue weighted by Gasteiger charge is 2.41. The number of urea groups is 1. The molecule has 2 aromatic carbocycles. The number of carbonyl (C=O) groups is 4. The standard InChI is InChI=1S/C25H29Cl2N5O5S.C6H8O7/c26-19-14-20(27)16-22(15-19)37-23-2-1-18(17-28)13-24(23)38(34,35)32-6-3-21(4-7-32)30-25(33)29-5-8-31-9-11-36-12-10-31;7-3(8)1-6(13,5(11)12)2-4(9)10/h1-2,13-16,21H,3-12H2,(H2,29,30,33);13H,1-2H2,(H,7,8)(H,9,10)(H,11,12). The van der Waals surface area contributed by atoms with E-state index in [0.717, 1.165) is 19.6 Å². The number of rotatable bonds is 13. The minimum absolute atomic E-state index is 0.0576. The van der Waals surface area contributed by atoms with Gasteiger partial charge >= 0.3 is 23.9 Å². The largest absolute Gasteiger partial charge is 0.481 e. The van der Waals surface area contributed by atoms with Crippen molar-refractivity contribution in [3.63, 3.8) is 0 Å². The van der Waals surface area contributed by atoms with Gasteiger partial charge in [0.15, 0.2) is 5.60 Å². The number of hydrogen-bond acceptors (Lipinski definition) is 11. The number of halogens is 2. The zero-order chi connectivity index (χ0) is 37.8. The number of nitrogens with one attached hydrogen (secondary N) is 2. The van der Waals surface area contributed by atoms with Crippen LogP contribution in [0.4, 0.5) is 4.79 Å². The highest BCUT2D eigenvalue weighted by molar-refractivity contribution is 7.89. The molecule has 4 rings (SSSR count). The number of amides is 2. The summed E-state index contributed by atoms with van der Waals surface area (Å²) in [7, 11) is -4.00. The molecule has 0 atom stereocenters. The third kappa shape index (κ3) is 12.8. The van der Waals surface area contributed by atoms with E-state index in [9.17, 15) is 32.9 Å². The molecule has 51 heavy (non-hydrogen) atoms. The number of hydrogen-bond donors (Lipinski definition) is 6. The molecule has 0 unspecified atom stereocenters. The Hall–Kier alpha value is -4.22. The lowest BCUT2D eigenvalue weighted by Gasteiger charge is -2.32. The van der Waals surface area contributed by atoms with Crippen LogP contribution in [0.25, 0.3) is 0 Å². The van der Waals surface area contributed by atoms with Crippen molar-refractivity contribution >= 4 is 57.2 Å². The number of sulfonamides is 1. The maximum Gasteiger partial charge on any atom is 0.336 e. The van der Waals surface area contributed by atoms with E-state index in [2.05, 4.69) is 15.5 Å². The van der Waals surface area contributed by atoms with Gasteiger partial charge in [-0.25, -0.2) is 18.0 Å². The van der Waals surface area contributed by atoms with Crippen LogP contribution in [0.3, 0.4) is 0 Å². The average molecular weight is 775 g/mol. The van der Waals surface area contributed by atoms with Gasteiger partial charge in [0.25, 0.3) is 0 Å². The first kappa shape index (κ1) is 41.2. The fourth-order valence-corrected chi connectivity index (χ4v) is 7.18. The number of aliphatic carboxylic acids is 3. The van der Waals surface area contributed by atoms with Gasteiger partial charge in [0.05, 0.1) is 37.7 Å². The maximum atomic E-state index is 13.6. The third-order valence-electron chi connectivity index (χ3n) is 7.65. The highest BCUT2D eigenvalue weighted by Crippen LogP contribution is 2.35. The van der Waals surface area contributed by atoms with Gasteiger partial charge in [-0.3, -0.25) is 14.5 Å². The van der Waals surface area contributed by atoms with Crippen LogP contribution in [-0.2, 0) is 29.1 Å². The van der Waals surface area contributed by atoms with Crippen molar-refractivity contribution in [2.45, 2.75) is 42.2 Å². The molecule has 0 radical (unpaired) electrons. The summed E-state index contributed by atoms with van der Waals surface area (Å²) in [6, 6.07) is 10.3. The first-order valence-corrected chi connectivity index (χ1v) is 17.6. The summed E-state index contributed by atoms with van der Waals surface area (Å²) in [6.45, 7) is 4.81. The Morgan fingerprint density at radius 2 is 1.55 bits per heavy atom. The Morgan fingerprint density at radius 1 is 0.961 bits per heavy atom. The molecular formula is C31H37Cl2N5O12S. The number of piperidine rings is 1. The van der Waals surface area contributed by atoms with Crippen molar-refractivity contribution < 1.29 is 57.5 Å². The van der Waals surface area contributed by atoms with E-state index in [1.54, 1.807) is 0 Å². The van der Waals surface area contributed by atoms with Gasteiger partial charge in [-0.05, 0) is 49.2 Å². The molecule has 2 aliphatic rings. The van der Waals surface area contributed by atoms with Gasteiger partial charge in [0.1, 0.15) is 16.4 Å². The molecule has 2 fully saturated rings. The lowest BCUT2D eigenvalue weighted by molar-refractivity contribution is -0.170. The minimum atomic E-state index is -4.00. The monoisotopic (exact) mass is 773 g/mol. The molecule has 2 aromatic rings. The Labute approximate surface area is 303 Å². The molecular weight excluding hydrogens is 737 g/mol. The van der Waals surface area contributed by atoms with E-state index >= 15 is 0 Å². The molecule has 0 aromatic heterocycles.